The first-order chi connectivity index (χ1) is 9.66. The molecular formula is C18H21NO. The Morgan fingerprint density at radius 3 is 2.75 bits per heavy atom. The van der Waals surface area contributed by atoms with Crippen LogP contribution in [0.2, 0.25) is 0 Å². The molecule has 0 aromatic heterocycles. The van der Waals surface area contributed by atoms with E-state index in [0.717, 1.165) is 18.8 Å². The summed E-state index contributed by atoms with van der Waals surface area (Å²) in [7, 11) is 0. The lowest BCUT2D eigenvalue weighted by atomic mass is 9.82. The Bertz CT molecular complexity index is 621. The number of hydrogen-bond acceptors (Lipinski definition) is 2. The predicted molar refractivity (Wildman–Crippen MR) is 82.1 cm³/mol. The molecule has 0 aliphatic carbocycles. The summed E-state index contributed by atoms with van der Waals surface area (Å²) in [6.45, 7) is 5.01. The molecule has 2 aromatic carbocycles. The van der Waals surface area contributed by atoms with Crippen molar-refractivity contribution >= 4 is 0 Å². The molecule has 1 aliphatic heterocycles. The van der Waals surface area contributed by atoms with Crippen LogP contribution in [0.5, 0.6) is 5.75 Å². The second-order valence-corrected chi connectivity index (χ2v) is 5.67. The van der Waals surface area contributed by atoms with Crippen LogP contribution in [0, 0.1) is 13.8 Å². The van der Waals surface area contributed by atoms with Crippen LogP contribution in [-0.2, 0) is 0 Å². The Kier molecular flexibility index (Phi) is 3.49. The highest BCUT2D eigenvalue weighted by Crippen LogP contribution is 2.40. The zero-order valence-electron chi connectivity index (χ0n) is 12.1. The Hall–Kier alpha value is -1.80. The molecule has 2 N–H and O–H groups in total. The van der Waals surface area contributed by atoms with Crippen molar-refractivity contribution in [2.45, 2.75) is 32.2 Å². The molecule has 0 fully saturated rings. The van der Waals surface area contributed by atoms with E-state index < -0.39 is 0 Å². The van der Waals surface area contributed by atoms with Crippen molar-refractivity contribution < 1.29 is 4.74 Å². The maximum atomic E-state index is 6.58. The summed E-state index contributed by atoms with van der Waals surface area (Å²) in [5.74, 6) is 1.32. The predicted octanol–water partition coefficient (Wildman–Crippen LogP) is 3.87. The molecule has 0 bridgehead atoms. The first-order valence-corrected chi connectivity index (χ1v) is 7.21. The first-order valence-electron chi connectivity index (χ1n) is 7.21. The van der Waals surface area contributed by atoms with Crippen LogP contribution < -0.4 is 10.5 Å². The van der Waals surface area contributed by atoms with Crippen molar-refractivity contribution in [1.82, 2.24) is 0 Å². The van der Waals surface area contributed by atoms with E-state index >= 15 is 0 Å². The second-order valence-electron chi connectivity index (χ2n) is 5.67. The highest BCUT2D eigenvalue weighted by atomic mass is 16.5. The largest absolute Gasteiger partial charge is 0.493 e. The number of hydrogen-bond donors (Lipinski definition) is 1. The zero-order chi connectivity index (χ0) is 14.1. The third-order valence-corrected chi connectivity index (χ3v) is 4.22. The quantitative estimate of drug-likeness (QED) is 0.896. The fraction of sp³-hybridized carbons (Fsp3) is 0.333. The number of para-hydroxylation sites is 1. The lowest BCUT2D eigenvalue weighted by Gasteiger charge is -2.31. The lowest BCUT2D eigenvalue weighted by molar-refractivity contribution is 0.255. The van der Waals surface area contributed by atoms with E-state index in [4.69, 9.17) is 10.5 Å². The monoisotopic (exact) mass is 267 g/mol. The van der Waals surface area contributed by atoms with Crippen LogP contribution in [0.25, 0.3) is 0 Å². The van der Waals surface area contributed by atoms with Crippen molar-refractivity contribution in [2.75, 3.05) is 6.61 Å². The lowest BCUT2D eigenvalue weighted by Crippen LogP contribution is -2.26. The summed E-state index contributed by atoms with van der Waals surface area (Å²) >= 11 is 0. The SMILES string of the molecule is Cc1ccc(C(N)C2CCOc3ccccc32)c(C)c1. The number of ether oxygens (including phenoxy) is 1. The van der Waals surface area contributed by atoms with Crippen LogP contribution in [-0.4, -0.2) is 6.61 Å². The fourth-order valence-corrected chi connectivity index (χ4v) is 3.16. The minimum Gasteiger partial charge on any atom is -0.493 e. The van der Waals surface area contributed by atoms with Gasteiger partial charge in [0.2, 0.25) is 0 Å². The smallest absolute Gasteiger partial charge is 0.122 e. The van der Waals surface area contributed by atoms with Gasteiger partial charge >= 0.3 is 0 Å². The van der Waals surface area contributed by atoms with E-state index in [1.165, 1.54) is 22.3 Å². The Morgan fingerprint density at radius 1 is 1.15 bits per heavy atom. The topological polar surface area (TPSA) is 35.2 Å². The van der Waals surface area contributed by atoms with E-state index in [1.54, 1.807) is 0 Å². The average Bonchev–Trinajstić information content (AvgIpc) is 2.46. The molecule has 3 rings (SSSR count). The second kappa shape index (κ2) is 5.29. The molecule has 2 heteroatoms. The summed E-state index contributed by atoms with van der Waals surface area (Å²) in [6.07, 6.45) is 0.978. The molecule has 2 atom stereocenters. The Balaban J connectivity index is 1.97. The minimum absolute atomic E-state index is 0.0284. The Morgan fingerprint density at radius 2 is 1.95 bits per heavy atom. The zero-order valence-corrected chi connectivity index (χ0v) is 12.1. The van der Waals surface area contributed by atoms with Gasteiger partial charge in [0.1, 0.15) is 5.75 Å². The van der Waals surface area contributed by atoms with E-state index in [1.807, 2.05) is 12.1 Å². The van der Waals surface area contributed by atoms with Gasteiger partial charge in [-0.1, -0.05) is 42.0 Å². The number of benzene rings is 2. The third-order valence-electron chi connectivity index (χ3n) is 4.22. The van der Waals surface area contributed by atoms with Gasteiger partial charge in [-0.05, 0) is 43.0 Å². The number of fused-ring (bicyclic) bond motifs is 1. The third kappa shape index (κ3) is 2.32. The molecule has 0 saturated heterocycles. The van der Waals surface area contributed by atoms with E-state index in [9.17, 15) is 0 Å². The molecule has 1 aliphatic rings. The summed E-state index contributed by atoms with van der Waals surface area (Å²) in [5.41, 5.74) is 11.6. The summed E-state index contributed by atoms with van der Waals surface area (Å²) < 4.78 is 5.73. The van der Waals surface area contributed by atoms with Gasteiger partial charge in [-0.25, -0.2) is 0 Å². The van der Waals surface area contributed by atoms with Gasteiger partial charge in [0.25, 0.3) is 0 Å². The summed E-state index contributed by atoms with van der Waals surface area (Å²) in [4.78, 5) is 0. The average molecular weight is 267 g/mol. The standard InChI is InChI=1S/C18H21NO/c1-12-7-8-14(13(2)11-12)18(19)16-9-10-20-17-6-4-3-5-15(16)17/h3-8,11,16,18H,9-10,19H2,1-2H3. The van der Waals surface area contributed by atoms with Crippen LogP contribution in [0.15, 0.2) is 42.5 Å². The van der Waals surface area contributed by atoms with Crippen LogP contribution in [0.3, 0.4) is 0 Å². The van der Waals surface area contributed by atoms with Gasteiger partial charge in [0.15, 0.2) is 0 Å². The van der Waals surface area contributed by atoms with Crippen molar-refractivity contribution in [3.05, 3.63) is 64.7 Å². The van der Waals surface area contributed by atoms with Gasteiger partial charge in [-0.3, -0.25) is 0 Å². The molecular weight excluding hydrogens is 246 g/mol. The summed E-state index contributed by atoms with van der Waals surface area (Å²) in [6, 6.07) is 14.8. The highest BCUT2D eigenvalue weighted by molar-refractivity contribution is 5.42. The normalized spacial score (nSPS) is 19.1. The minimum atomic E-state index is 0.0284. The molecule has 104 valence electrons. The summed E-state index contributed by atoms with van der Waals surface area (Å²) in [5, 5.41) is 0. The molecule has 2 nitrogen and oxygen atoms in total. The Labute approximate surface area is 120 Å². The van der Waals surface area contributed by atoms with E-state index in [2.05, 4.69) is 44.2 Å². The maximum absolute atomic E-state index is 6.58. The van der Waals surface area contributed by atoms with Gasteiger partial charge in [0.05, 0.1) is 6.61 Å². The van der Waals surface area contributed by atoms with Crippen molar-refractivity contribution in [3.8, 4) is 5.75 Å². The van der Waals surface area contributed by atoms with Crippen LogP contribution in [0.1, 0.15) is 40.6 Å². The molecule has 1 heterocycles. The maximum Gasteiger partial charge on any atom is 0.122 e. The van der Waals surface area contributed by atoms with Crippen molar-refractivity contribution in [1.29, 1.82) is 0 Å². The molecule has 2 aromatic rings. The van der Waals surface area contributed by atoms with Gasteiger partial charge in [-0.2, -0.15) is 0 Å². The molecule has 0 saturated carbocycles. The van der Waals surface area contributed by atoms with Gasteiger partial charge in [-0.15, -0.1) is 0 Å². The van der Waals surface area contributed by atoms with Gasteiger partial charge < -0.3 is 10.5 Å². The molecule has 0 spiro atoms. The van der Waals surface area contributed by atoms with Crippen molar-refractivity contribution in [3.63, 3.8) is 0 Å². The molecule has 0 amide bonds. The van der Waals surface area contributed by atoms with Crippen LogP contribution in [0.4, 0.5) is 0 Å². The molecule has 0 radical (unpaired) electrons. The molecule has 2 unspecified atom stereocenters. The number of rotatable bonds is 2. The van der Waals surface area contributed by atoms with Crippen molar-refractivity contribution in [2.24, 2.45) is 5.73 Å². The molecule has 20 heavy (non-hydrogen) atoms. The fourth-order valence-electron chi connectivity index (χ4n) is 3.16. The van der Waals surface area contributed by atoms with E-state index in [-0.39, 0.29) is 6.04 Å². The van der Waals surface area contributed by atoms with Crippen LogP contribution >= 0.6 is 0 Å². The highest BCUT2D eigenvalue weighted by Gasteiger charge is 2.28. The van der Waals surface area contributed by atoms with Gasteiger partial charge in [0, 0.05) is 12.0 Å². The first kappa shape index (κ1) is 13.2. The number of aryl methyl sites for hydroxylation is 2. The van der Waals surface area contributed by atoms with E-state index in [0.29, 0.717) is 5.92 Å². The number of nitrogens with two attached hydrogens (primary N) is 1.